The van der Waals surface area contributed by atoms with E-state index in [9.17, 15) is 14.4 Å². The number of rotatable bonds is 5. The van der Waals surface area contributed by atoms with Crippen molar-refractivity contribution in [1.29, 1.82) is 0 Å². The number of hydrogen-bond donors (Lipinski definition) is 2. The highest BCUT2D eigenvalue weighted by Crippen LogP contribution is 2.14. The maximum absolute atomic E-state index is 12.3. The van der Waals surface area contributed by atoms with Gasteiger partial charge in [-0.3, -0.25) is 14.5 Å². The lowest BCUT2D eigenvalue weighted by Crippen LogP contribution is -2.30. The lowest BCUT2D eigenvalue weighted by molar-refractivity contribution is -0.125. The van der Waals surface area contributed by atoms with E-state index in [0.29, 0.717) is 5.56 Å². The first kappa shape index (κ1) is 16.7. The topological polar surface area (TPSA) is 78.5 Å². The Hall–Kier alpha value is -3.15. The molecule has 0 aromatic heterocycles. The van der Waals surface area contributed by atoms with Crippen molar-refractivity contribution in [1.82, 2.24) is 15.5 Å². The van der Waals surface area contributed by atoms with Crippen molar-refractivity contribution in [2.75, 3.05) is 6.54 Å². The maximum Gasteiger partial charge on any atom is 0.324 e. The summed E-state index contributed by atoms with van der Waals surface area (Å²) in [6.45, 7) is 2.17. The van der Waals surface area contributed by atoms with E-state index < -0.39 is 0 Å². The molecule has 0 spiro atoms. The van der Waals surface area contributed by atoms with Gasteiger partial charge in [0.25, 0.3) is 5.91 Å². The van der Waals surface area contributed by atoms with Gasteiger partial charge in [-0.2, -0.15) is 0 Å². The van der Waals surface area contributed by atoms with Gasteiger partial charge in [-0.25, -0.2) is 4.79 Å². The van der Waals surface area contributed by atoms with Crippen LogP contribution in [0.5, 0.6) is 0 Å². The third kappa shape index (κ3) is 3.85. The van der Waals surface area contributed by atoms with Crippen LogP contribution in [0.4, 0.5) is 4.79 Å². The van der Waals surface area contributed by atoms with Crippen LogP contribution in [0, 0.1) is 0 Å². The number of hydrogen-bond acceptors (Lipinski definition) is 3. The molecule has 1 heterocycles. The molecular weight excluding hydrogens is 318 g/mol. The van der Waals surface area contributed by atoms with Crippen molar-refractivity contribution < 1.29 is 14.4 Å². The van der Waals surface area contributed by atoms with E-state index in [4.69, 9.17) is 0 Å². The number of nitrogens with zero attached hydrogens (tertiary/aromatic N) is 1. The molecule has 6 heteroatoms. The van der Waals surface area contributed by atoms with Crippen LogP contribution in [0.3, 0.4) is 0 Å². The number of urea groups is 1. The molecule has 2 N–H and O–H groups in total. The highest BCUT2D eigenvalue weighted by Gasteiger charge is 2.28. The predicted octanol–water partition coefficient (Wildman–Crippen LogP) is 2.23. The molecule has 0 saturated carbocycles. The van der Waals surface area contributed by atoms with Crippen molar-refractivity contribution in [3.05, 3.63) is 71.3 Å². The number of carbonyl (C=O) groups is 3. The first-order chi connectivity index (χ1) is 12.0. The van der Waals surface area contributed by atoms with E-state index in [1.165, 1.54) is 0 Å². The number of carbonyl (C=O) groups excluding carboxylic acids is 3. The third-order valence-electron chi connectivity index (χ3n) is 4.14. The number of amides is 4. The molecule has 3 rings (SSSR count). The fourth-order valence-electron chi connectivity index (χ4n) is 2.66. The van der Waals surface area contributed by atoms with E-state index in [-0.39, 0.29) is 37.0 Å². The molecule has 6 nitrogen and oxygen atoms in total. The van der Waals surface area contributed by atoms with Crippen LogP contribution >= 0.6 is 0 Å². The van der Waals surface area contributed by atoms with Crippen LogP contribution in [-0.2, 0) is 11.3 Å². The van der Waals surface area contributed by atoms with Crippen molar-refractivity contribution in [2.24, 2.45) is 0 Å². The maximum atomic E-state index is 12.3. The van der Waals surface area contributed by atoms with Gasteiger partial charge in [0, 0.05) is 5.56 Å². The normalized spacial score (nSPS) is 15.0. The first-order valence-corrected chi connectivity index (χ1v) is 8.07. The van der Waals surface area contributed by atoms with Crippen LogP contribution in [-0.4, -0.2) is 29.3 Å². The zero-order chi connectivity index (χ0) is 17.8. The highest BCUT2D eigenvalue weighted by molar-refractivity contribution is 6.01. The van der Waals surface area contributed by atoms with Gasteiger partial charge in [-0.15, -0.1) is 0 Å². The van der Waals surface area contributed by atoms with E-state index in [0.717, 1.165) is 16.0 Å². The lowest BCUT2D eigenvalue weighted by atomic mass is 10.1. The summed E-state index contributed by atoms with van der Waals surface area (Å²) in [6.07, 6.45) is 0. The molecule has 1 aliphatic rings. The Labute approximate surface area is 145 Å². The highest BCUT2D eigenvalue weighted by atomic mass is 16.2. The van der Waals surface area contributed by atoms with Gasteiger partial charge in [-0.05, 0) is 30.2 Å². The number of nitrogens with one attached hydrogen (secondary N) is 2. The minimum atomic E-state index is -0.386. The summed E-state index contributed by atoms with van der Waals surface area (Å²) in [4.78, 5) is 36.7. The van der Waals surface area contributed by atoms with Crippen LogP contribution in [0.15, 0.2) is 54.6 Å². The quantitative estimate of drug-likeness (QED) is 0.821. The summed E-state index contributed by atoms with van der Waals surface area (Å²) < 4.78 is 0. The largest absolute Gasteiger partial charge is 0.346 e. The van der Waals surface area contributed by atoms with Crippen molar-refractivity contribution in [3.8, 4) is 0 Å². The average Bonchev–Trinajstić information content (AvgIpc) is 2.95. The second-order valence-electron chi connectivity index (χ2n) is 5.94. The molecule has 0 bridgehead atoms. The van der Waals surface area contributed by atoms with E-state index >= 15 is 0 Å². The predicted molar refractivity (Wildman–Crippen MR) is 92.7 cm³/mol. The SMILES string of the molecule is CC(NC(=O)c1ccc(CN2C(=O)CNC2=O)cc1)c1ccccc1. The molecule has 1 atom stereocenters. The molecule has 2 aromatic rings. The lowest BCUT2D eigenvalue weighted by Gasteiger charge is -2.15. The van der Waals surface area contributed by atoms with Gasteiger partial charge in [-0.1, -0.05) is 42.5 Å². The van der Waals surface area contributed by atoms with E-state index in [1.807, 2.05) is 37.3 Å². The minimum absolute atomic E-state index is 0.0384. The minimum Gasteiger partial charge on any atom is -0.346 e. The van der Waals surface area contributed by atoms with Crippen LogP contribution in [0.1, 0.15) is 34.5 Å². The van der Waals surface area contributed by atoms with Crippen molar-refractivity contribution in [3.63, 3.8) is 0 Å². The van der Waals surface area contributed by atoms with Gasteiger partial charge in [0.15, 0.2) is 0 Å². The van der Waals surface area contributed by atoms with Crippen molar-refractivity contribution in [2.45, 2.75) is 19.5 Å². The third-order valence-corrected chi connectivity index (χ3v) is 4.14. The molecule has 0 aliphatic carbocycles. The average molecular weight is 337 g/mol. The summed E-state index contributed by atoms with van der Waals surface area (Å²) in [6, 6.07) is 16.1. The van der Waals surface area contributed by atoms with Crippen LogP contribution in [0.25, 0.3) is 0 Å². The van der Waals surface area contributed by atoms with Gasteiger partial charge in [0.1, 0.15) is 0 Å². The van der Waals surface area contributed by atoms with Gasteiger partial charge in [0.05, 0.1) is 19.1 Å². The van der Waals surface area contributed by atoms with Crippen LogP contribution < -0.4 is 10.6 Å². The van der Waals surface area contributed by atoms with Gasteiger partial charge < -0.3 is 10.6 Å². The Morgan fingerprint density at radius 3 is 2.40 bits per heavy atom. The Morgan fingerprint density at radius 2 is 1.80 bits per heavy atom. The molecule has 1 fully saturated rings. The first-order valence-electron chi connectivity index (χ1n) is 8.07. The molecule has 4 amide bonds. The van der Waals surface area contributed by atoms with E-state index in [2.05, 4.69) is 10.6 Å². The van der Waals surface area contributed by atoms with Gasteiger partial charge in [0.2, 0.25) is 5.91 Å². The Kier molecular flexibility index (Phi) is 4.79. The molecule has 1 saturated heterocycles. The summed E-state index contributed by atoms with van der Waals surface area (Å²) in [5.74, 6) is -0.415. The second-order valence-corrected chi connectivity index (χ2v) is 5.94. The molecule has 1 unspecified atom stereocenters. The fraction of sp³-hybridized carbons (Fsp3) is 0.211. The standard InChI is InChI=1S/C19H19N3O3/c1-13(15-5-3-2-4-6-15)21-18(24)16-9-7-14(8-10-16)12-22-17(23)11-20-19(22)25/h2-10,13H,11-12H2,1H3,(H,20,25)(H,21,24). The number of imide groups is 1. The molecule has 0 radical (unpaired) electrons. The molecular formula is C19H19N3O3. The van der Waals surface area contributed by atoms with Crippen molar-refractivity contribution >= 4 is 17.8 Å². The molecule has 1 aliphatic heterocycles. The molecule has 25 heavy (non-hydrogen) atoms. The smallest absolute Gasteiger partial charge is 0.324 e. The zero-order valence-corrected chi connectivity index (χ0v) is 13.9. The Bertz CT molecular complexity index is 771. The monoisotopic (exact) mass is 337 g/mol. The number of benzene rings is 2. The molecule has 128 valence electrons. The summed E-state index contributed by atoms with van der Waals surface area (Å²) in [5.41, 5.74) is 2.35. The second kappa shape index (κ2) is 7.17. The Balaban J connectivity index is 1.62. The summed E-state index contributed by atoms with van der Waals surface area (Å²) in [5, 5.41) is 5.43. The summed E-state index contributed by atoms with van der Waals surface area (Å²) >= 11 is 0. The molecule has 2 aromatic carbocycles. The van der Waals surface area contributed by atoms with Gasteiger partial charge >= 0.3 is 6.03 Å². The fourth-order valence-corrected chi connectivity index (χ4v) is 2.66. The zero-order valence-electron chi connectivity index (χ0n) is 13.9. The summed E-state index contributed by atoms with van der Waals surface area (Å²) in [7, 11) is 0. The Morgan fingerprint density at radius 1 is 1.12 bits per heavy atom. The van der Waals surface area contributed by atoms with Crippen LogP contribution in [0.2, 0.25) is 0 Å². The van der Waals surface area contributed by atoms with E-state index in [1.54, 1.807) is 24.3 Å².